The number of hydrogen-bond acceptors (Lipinski definition) is 5. The predicted molar refractivity (Wildman–Crippen MR) is 120 cm³/mol. The molecule has 3 heterocycles. The second kappa shape index (κ2) is 8.79. The molecule has 1 aromatic carbocycles. The fourth-order valence-corrected chi connectivity index (χ4v) is 3.94. The number of carbonyl (C=O) groups excluding carboxylic acids is 1. The number of urea groups is 1. The molecular formula is C22H23N5OS. The van der Waals surface area contributed by atoms with Crippen LogP contribution in [0.15, 0.2) is 54.9 Å². The Kier molecular flexibility index (Phi) is 6.19. The molecule has 0 bridgehead atoms. The van der Waals surface area contributed by atoms with Gasteiger partial charge >= 0.3 is 6.03 Å². The summed E-state index contributed by atoms with van der Waals surface area (Å²) in [5.41, 5.74) is 5.64. The van der Waals surface area contributed by atoms with Gasteiger partial charge in [0.05, 0.1) is 15.9 Å². The zero-order valence-electron chi connectivity index (χ0n) is 15.6. The lowest BCUT2D eigenvalue weighted by atomic mass is 10.0. The van der Waals surface area contributed by atoms with Crippen LogP contribution in [0.2, 0.25) is 0 Å². The monoisotopic (exact) mass is 405 g/mol. The third kappa shape index (κ3) is 4.41. The van der Waals surface area contributed by atoms with Crippen LogP contribution < -0.4 is 10.6 Å². The van der Waals surface area contributed by atoms with E-state index in [1.165, 1.54) is 11.3 Å². The van der Waals surface area contributed by atoms with Crippen molar-refractivity contribution >= 4 is 32.7 Å². The first-order valence-corrected chi connectivity index (χ1v) is 9.79. The van der Waals surface area contributed by atoms with Gasteiger partial charge in [-0.1, -0.05) is 30.9 Å². The second-order valence-corrected chi connectivity index (χ2v) is 7.28. The number of fused-ring (bicyclic) bond motifs is 1. The number of thiazole rings is 1. The van der Waals surface area contributed by atoms with E-state index in [-0.39, 0.29) is 13.5 Å². The summed E-state index contributed by atoms with van der Waals surface area (Å²) in [6.45, 7) is 4.40. The molecule has 2 N–H and O–H groups in total. The van der Waals surface area contributed by atoms with Crippen molar-refractivity contribution in [2.75, 3.05) is 11.9 Å². The molecule has 0 unspecified atom stereocenters. The molecule has 6 nitrogen and oxygen atoms in total. The number of rotatable bonds is 4. The molecular weight excluding hydrogens is 382 g/mol. The highest BCUT2D eigenvalue weighted by atomic mass is 32.1. The largest absolute Gasteiger partial charge is 0.338 e. The molecule has 0 aliphatic rings. The van der Waals surface area contributed by atoms with Gasteiger partial charge in [-0.2, -0.15) is 0 Å². The standard InChI is InChI=1S/C21H19N5OS.CH4/c1-3-23-20(27)26-21-25-18-11-15(14-7-5-9-22-12-14)10-16(19(18)28-21)17-8-4-6-13(2)24-17;/h4-12H,3H2,1-2H3,(H2,23,25,26,27);1H4. The minimum atomic E-state index is -0.260. The summed E-state index contributed by atoms with van der Waals surface area (Å²) < 4.78 is 0.984. The van der Waals surface area contributed by atoms with Crippen molar-refractivity contribution in [2.24, 2.45) is 0 Å². The number of carbonyl (C=O) groups is 1. The van der Waals surface area contributed by atoms with Crippen LogP contribution in [0.25, 0.3) is 32.6 Å². The molecule has 0 aliphatic carbocycles. The van der Waals surface area contributed by atoms with Crippen molar-refractivity contribution in [3.8, 4) is 22.4 Å². The van der Waals surface area contributed by atoms with E-state index in [9.17, 15) is 4.79 Å². The molecule has 0 aliphatic heterocycles. The van der Waals surface area contributed by atoms with Gasteiger partial charge in [0.2, 0.25) is 0 Å². The lowest BCUT2D eigenvalue weighted by molar-refractivity contribution is 0.252. The number of benzene rings is 1. The van der Waals surface area contributed by atoms with Gasteiger partial charge in [-0.25, -0.2) is 9.78 Å². The van der Waals surface area contributed by atoms with Crippen molar-refractivity contribution in [3.63, 3.8) is 0 Å². The summed E-state index contributed by atoms with van der Waals surface area (Å²) in [6.07, 6.45) is 3.58. The minimum Gasteiger partial charge on any atom is -0.338 e. The number of pyridine rings is 2. The van der Waals surface area contributed by atoms with E-state index in [0.717, 1.165) is 38.3 Å². The zero-order valence-corrected chi connectivity index (χ0v) is 16.4. The maximum atomic E-state index is 11.9. The molecule has 7 heteroatoms. The van der Waals surface area contributed by atoms with Crippen LogP contribution in [-0.4, -0.2) is 27.5 Å². The Morgan fingerprint density at radius 2 is 1.97 bits per heavy atom. The molecule has 0 fully saturated rings. The highest BCUT2D eigenvalue weighted by molar-refractivity contribution is 7.22. The van der Waals surface area contributed by atoms with E-state index in [0.29, 0.717) is 11.7 Å². The van der Waals surface area contributed by atoms with Gasteiger partial charge in [-0.3, -0.25) is 15.3 Å². The van der Waals surface area contributed by atoms with Crippen molar-refractivity contribution in [3.05, 3.63) is 60.6 Å². The van der Waals surface area contributed by atoms with E-state index in [4.69, 9.17) is 4.98 Å². The van der Waals surface area contributed by atoms with Crippen LogP contribution in [0.4, 0.5) is 9.93 Å². The SMILES string of the molecule is C.CCNC(=O)Nc1nc2cc(-c3cccnc3)cc(-c3cccc(C)n3)c2s1. The molecule has 3 aromatic heterocycles. The van der Waals surface area contributed by atoms with Gasteiger partial charge in [0.25, 0.3) is 0 Å². The lowest BCUT2D eigenvalue weighted by Gasteiger charge is -2.07. The van der Waals surface area contributed by atoms with Gasteiger partial charge in [-0.15, -0.1) is 0 Å². The molecule has 0 saturated carbocycles. The second-order valence-electron chi connectivity index (χ2n) is 6.28. The normalized spacial score (nSPS) is 10.4. The van der Waals surface area contributed by atoms with Crippen LogP contribution in [0.3, 0.4) is 0 Å². The summed E-state index contributed by atoms with van der Waals surface area (Å²) in [6, 6.07) is 13.8. The molecule has 0 spiro atoms. The number of nitrogens with zero attached hydrogens (tertiary/aromatic N) is 3. The number of hydrogen-bond donors (Lipinski definition) is 2. The van der Waals surface area contributed by atoms with E-state index < -0.39 is 0 Å². The average molecular weight is 406 g/mol. The van der Waals surface area contributed by atoms with E-state index in [1.807, 2.05) is 56.4 Å². The fraction of sp³-hybridized carbons (Fsp3) is 0.182. The molecule has 0 atom stereocenters. The van der Waals surface area contributed by atoms with Crippen LogP contribution in [0, 0.1) is 6.92 Å². The molecule has 4 aromatic rings. The molecule has 148 valence electrons. The van der Waals surface area contributed by atoms with E-state index in [2.05, 4.69) is 26.7 Å². The third-order valence-corrected chi connectivity index (χ3v) is 5.23. The van der Waals surface area contributed by atoms with Gasteiger partial charge in [0.15, 0.2) is 5.13 Å². The smallest absolute Gasteiger partial charge is 0.321 e. The van der Waals surface area contributed by atoms with Gasteiger partial charge in [-0.05, 0) is 49.7 Å². The molecule has 0 radical (unpaired) electrons. The van der Waals surface area contributed by atoms with Crippen molar-refractivity contribution in [1.82, 2.24) is 20.3 Å². The maximum absolute atomic E-state index is 11.9. The molecule has 0 saturated heterocycles. The average Bonchev–Trinajstić information content (AvgIpc) is 3.10. The molecule has 2 amide bonds. The summed E-state index contributed by atoms with van der Waals surface area (Å²) >= 11 is 1.44. The quantitative estimate of drug-likeness (QED) is 0.469. The lowest BCUT2D eigenvalue weighted by Crippen LogP contribution is -2.28. The zero-order chi connectivity index (χ0) is 19.5. The fourth-order valence-electron chi connectivity index (χ4n) is 2.97. The molecule has 4 rings (SSSR count). The Labute approximate surface area is 174 Å². The number of nitrogens with one attached hydrogen (secondary N) is 2. The summed E-state index contributed by atoms with van der Waals surface area (Å²) in [5, 5.41) is 6.09. The maximum Gasteiger partial charge on any atom is 0.321 e. The van der Waals surface area contributed by atoms with Crippen LogP contribution in [0.1, 0.15) is 20.0 Å². The van der Waals surface area contributed by atoms with Gasteiger partial charge < -0.3 is 5.32 Å². The van der Waals surface area contributed by atoms with Crippen molar-refractivity contribution in [1.29, 1.82) is 0 Å². The van der Waals surface area contributed by atoms with Crippen LogP contribution in [-0.2, 0) is 0 Å². The topological polar surface area (TPSA) is 79.8 Å². The van der Waals surface area contributed by atoms with Crippen LogP contribution in [0.5, 0.6) is 0 Å². The number of aromatic nitrogens is 3. The Hall–Kier alpha value is -3.32. The summed E-state index contributed by atoms with van der Waals surface area (Å²) in [5.74, 6) is 0. The number of anilines is 1. The van der Waals surface area contributed by atoms with E-state index >= 15 is 0 Å². The third-order valence-electron chi connectivity index (χ3n) is 4.21. The number of amides is 2. The first-order chi connectivity index (χ1) is 13.6. The Balaban J connectivity index is 0.00000240. The summed E-state index contributed by atoms with van der Waals surface area (Å²) in [7, 11) is 0. The van der Waals surface area contributed by atoms with Gasteiger partial charge in [0, 0.05) is 35.8 Å². The first-order valence-electron chi connectivity index (χ1n) is 8.98. The predicted octanol–water partition coefficient (Wildman–Crippen LogP) is 5.51. The van der Waals surface area contributed by atoms with E-state index in [1.54, 1.807) is 6.20 Å². The van der Waals surface area contributed by atoms with Crippen LogP contribution >= 0.6 is 11.3 Å². The summed E-state index contributed by atoms with van der Waals surface area (Å²) in [4.78, 5) is 25.4. The van der Waals surface area contributed by atoms with Crippen molar-refractivity contribution in [2.45, 2.75) is 21.3 Å². The highest BCUT2D eigenvalue weighted by Crippen LogP contribution is 2.38. The minimum absolute atomic E-state index is 0. The highest BCUT2D eigenvalue weighted by Gasteiger charge is 2.15. The Bertz CT molecular complexity index is 1140. The number of aryl methyl sites for hydroxylation is 1. The Morgan fingerprint density at radius 1 is 1.10 bits per heavy atom. The molecule has 29 heavy (non-hydrogen) atoms. The van der Waals surface area contributed by atoms with Crippen molar-refractivity contribution < 1.29 is 4.79 Å². The Morgan fingerprint density at radius 3 is 2.69 bits per heavy atom. The first kappa shape index (κ1) is 20.4. The van der Waals surface area contributed by atoms with Gasteiger partial charge in [0.1, 0.15) is 0 Å².